The van der Waals surface area contributed by atoms with E-state index < -0.39 is 0 Å². The third kappa shape index (κ3) is 3.19. The van der Waals surface area contributed by atoms with Crippen molar-refractivity contribution in [1.82, 2.24) is 4.98 Å². The Balaban J connectivity index is 1.96. The number of anilines is 1. The molecule has 0 aliphatic heterocycles. The highest BCUT2D eigenvalue weighted by atomic mass is 79.9. The molecule has 1 aromatic carbocycles. The van der Waals surface area contributed by atoms with Gasteiger partial charge in [0.05, 0.1) is 6.54 Å². The minimum Gasteiger partial charge on any atom is -0.380 e. The third-order valence-corrected chi connectivity index (χ3v) is 3.48. The SMILES string of the molecule is Clc1ncc(CNc2ccc(Br)cc2)s1. The van der Waals surface area contributed by atoms with Crippen molar-refractivity contribution in [3.05, 3.63) is 44.3 Å². The molecule has 78 valence electrons. The van der Waals surface area contributed by atoms with Crippen molar-refractivity contribution in [3.63, 3.8) is 0 Å². The molecule has 0 fully saturated rings. The average Bonchev–Trinajstić information content (AvgIpc) is 2.64. The summed E-state index contributed by atoms with van der Waals surface area (Å²) in [5.74, 6) is 0. The summed E-state index contributed by atoms with van der Waals surface area (Å²) < 4.78 is 1.66. The predicted octanol–water partition coefficient (Wildman–Crippen LogP) is 4.17. The molecular weight excluding hydrogens is 296 g/mol. The van der Waals surface area contributed by atoms with E-state index in [1.807, 2.05) is 24.3 Å². The lowest BCUT2D eigenvalue weighted by Gasteiger charge is -2.03. The molecule has 1 aromatic heterocycles. The van der Waals surface area contributed by atoms with Crippen LogP contribution in [0.5, 0.6) is 0 Å². The molecule has 0 aliphatic rings. The van der Waals surface area contributed by atoms with E-state index in [1.54, 1.807) is 6.20 Å². The number of nitrogens with zero attached hydrogens (tertiary/aromatic N) is 1. The normalized spacial score (nSPS) is 10.3. The zero-order valence-corrected chi connectivity index (χ0v) is 10.9. The monoisotopic (exact) mass is 302 g/mol. The Kier molecular flexibility index (Phi) is 3.61. The number of benzene rings is 1. The molecule has 0 radical (unpaired) electrons. The van der Waals surface area contributed by atoms with Gasteiger partial charge in [0.15, 0.2) is 4.47 Å². The third-order valence-electron chi connectivity index (χ3n) is 1.84. The highest BCUT2D eigenvalue weighted by Gasteiger charge is 1.98. The van der Waals surface area contributed by atoms with Crippen molar-refractivity contribution >= 4 is 44.6 Å². The summed E-state index contributed by atoms with van der Waals surface area (Å²) in [5.41, 5.74) is 1.09. The van der Waals surface area contributed by atoms with Crippen LogP contribution in [0.3, 0.4) is 0 Å². The van der Waals surface area contributed by atoms with Crippen molar-refractivity contribution in [1.29, 1.82) is 0 Å². The van der Waals surface area contributed by atoms with Crippen LogP contribution in [-0.2, 0) is 6.54 Å². The van der Waals surface area contributed by atoms with Gasteiger partial charge in [-0.3, -0.25) is 0 Å². The lowest BCUT2D eigenvalue weighted by Crippen LogP contribution is -1.96. The molecule has 0 aliphatic carbocycles. The number of nitrogens with one attached hydrogen (secondary N) is 1. The fourth-order valence-electron chi connectivity index (χ4n) is 1.12. The summed E-state index contributed by atoms with van der Waals surface area (Å²) in [4.78, 5) is 5.11. The summed E-state index contributed by atoms with van der Waals surface area (Å²) in [7, 11) is 0. The number of hydrogen-bond acceptors (Lipinski definition) is 3. The molecule has 0 atom stereocenters. The van der Waals surface area contributed by atoms with Crippen molar-refractivity contribution < 1.29 is 0 Å². The van der Waals surface area contributed by atoms with Gasteiger partial charge in [-0.05, 0) is 24.3 Å². The van der Waals surface area contributed by atoms with E-state index in [4.69, 9.17) is 11.6 Å². The smallest absolute Gasteiger partial charge is 0.183 e. The molecule has 2 rings (SSSR count). The van der Waals surface area contributed by atoms with Crippen LogP contribution in [0.2, 0.25) is 4.47 Å². The number of halogens is 2. The summed E-state index contributed by atoms with van der Waals surface area (Å²) in [6.45, 7) is 0.756. The van der Waals surface area contributed by atoms with E-state index in [0.29, 0.717) is 4.47 Å². The van der Waals surface area contributed by atoms with Crippen molar-refractivity contribution in [2.45, 2.75) is 6.54 Å². The molecule has 2 aromatic rings. The standard InChI is InChI=1S/C10H8BrClN2S/c11-7-1-3-8(4-2-7)13-5-9-6-14-10(12)15-9/h1-4,6,13H,5H2. The Bertz CT molecular complexity index is 441. The Hall–Kier alpha value is -0.580. The Morgan fingerprint density at radius 1 is 1.33 bits per heavy atom. The van der Waals surface area contributed by atoms with Gasteiger partial charge >= 0.3 is 0 Å². The number of hydrogen-bond donors (Lipinski definition) is 1. The number of thiazole rings is 1. The lowest BCUT2D eigenvalue weighted by molar-refractivity contribution is 1.17. The lowest BCUT2D eigenvalue weighted by atomic mass is 10.3. The van der Waals surface area contributed by atoms with Crippen LogP contribution >= 0.6 is 38.9 Å². The molecule has 0 saturated carbocycles. The maximum Gasteiger partial charge on any atom is 0.183 e. The number of aromatic nitrogens is 1. The summed E-state index contributed by atoms with van der Waals surface area (Å²) in [6.07, 6.45) is 1.79. The average molecular weight is 304 g/mol. The van der Waals surface area contributed by atoms with E-state index in [9.17, 15) is 0 Å². The second-order valence-corrected chi connectivity index (χ2v) is 5.55. The molecule has 15 heavy (non-hydrogen) atoms. The van der Waals surface area contributed by atoms with Crippen molar-refractivity contribution in [3.8, 4) is 0 Å². The number of rotatable bonds is 3. The highest BCUT2D eigenvalue weighted by Crippen LogP contribution is 2.19. The van der Waals surface area contributed by atoms with Crippen LogP contribution in [0.25, 0.3) is 0 Å². The van der Waals surface area contributed by atoms with Gasteiger partial charge in [-0.15, -0.1) is 11.3 Å². The van der Waals surface area contributed by atoms with Crippen LogP contribution in [0.15, 0.2) is 34.9 Å². The molecule has 1 N–H and O–H groups in total. The summed E-state index contributed by atoms with van der Waals surface area (Å²) in [5, 5.41) is 3.29. The molecule has 0 unspecified atom stereocenters. The zero-order valence-electron chi connectivity index (χ0n) is 7.71. The largest absolute Gasteiger partial charge is 0.380 e. The van der Waals surface area contributed by atoms with E-state index >= 15 is 0 Å². The first-order valence-electron chi connectivity index (χ1n) is 4.34. The van der Waals surface area contributed by atoms with Gasteiger partial charge in [0.2, 0.25) is 0 Å². The van der Waals surface area contributed by atoms with Gasteiger partial charge < -0.3 is 5.32 Å². The highest BCUT2D eigenvalue weighted by molar-refractivity contribution is 9.10. The fraction of sp³-hybridized carbons (Fsp3) is 0.100. The van der Waals surface area contributed by atoms with E-state index in [1.165, 1.54) is 11.3 Å². The Morgan fingerprint density at radius 3 is 2.67 bits per heavy atom. The molecule has 1 heterocycles. The molecular formula is C10H8BrClN2S. The predicted molar refractivity (Wildman–Crippen MR) is 68.6 cm³/mol. The first-order valence-corrected chi connectivity index (χ1v) is 6.32. The zero-order chi connectivity index (χ0) is 10.7. The van der Waals surface area contributed by atoms with Gasteiger partial charge in [-0.25, -0.2) is 4.98 Å². The van der Waals surface area contributed by atoms with Crippen molar-refractivity contribution in [2.24, 2.45) is 0 Å². The first-order chi connectivity index (χ1) is 7.24. The van der Waals surface area contributed by atoms with E-state index in [-0.39, 0.29) is 0 Å². The van der Waals surface area contributed by atoms with Gasteiger partial charge in [0, 0.05) is 21.2 Å². The van der Waals surface area contributed by atoms with Crippen LogP contribution in [0.4, 0.5) is 5.69 Å². The minimum absolute atomic E-state index is 0.586. The van der Waals surface area contributed by atoms with E-state index in [0.717, 1.165) is 21.6 Å². The van der Waals surface area contributed by atoms with Gasteiger partial charge in [-0.2, -0.15) is 0 Å². The van der Waals surface area contributed by atoms with E-state index in [2.05, 4.69) is 26.2 Å². The van der Waals surface area contributed by atoms with Gasteiger partial charge in [0.25, 0.3) is 0 Å². The second-order valence-electron chi connectivity index (χ2n) is 2.94. The molecule has 0 amide bonds. The summed E-state index contributed by atoms with van der Waals surface area (Å²) in [6, 6.07) is 8.05. The molecule has 5 heteroatoms. The fourth-order valence-corrected chi connectivity index (χ4v) is 2.30. The topological polar surface area (TPSA) is 24.9 Å². The quantitative estimate of drug-likeness (QED) is 0.920. The molecule has 2 nitrogen and oxygen atoms in total. The maximum absolute atomic E-state index is 5.74. The van der Waals surface area contributed by atoms with Gasteiger partial charge in [0.1, 0.15) is 0 Å². The molecule has 0 saturated heterocycles. The Morgan fingerprint density at radius 2 is 2.07 bits per heavy atom. The van der Waals surface area contributed by atoms with Crippen LogP contribution in [-0.4, -0.2) is 4.98 Å². The van der Waals surface area contributed by atoms with Crippen LogP contribution in [0, 0.1) is 0 Å². The summed E-state index contributed by atoms with van der Waals surface area (Å²) >= 11 is 10.6. The first kappa shape index (κ1) is 10.9. The maximum atomic E-state index is 5.74. The van der Waals surface area contributed by atoms with Crippen LogP contribution in [0.1, 0.15) is 4.88 Å². The minimum atomic E-state index is 0.586. The Labute approximate surface area is 105 Å². The molecule has 0 spiro atoms. The molecule has 0 bridgehead atoms. The van der Waals surface area contributed by atoms with Gasteiger partial charge in [-0.1, -0.05) is 27.5 Å². The second kappa shape index (κ2) is 4.96. The van der Waals surface area contributed by atoms with Crippen LogP contribution < -0.4 is 5.32 Å². The van der Waals surface area contributed by atoms with Crippen molar-refractivity contribution in [2.75, 3.05) is 5.32 Å².